The number of hydrogen-bond acceptors (Lipinski definition) is 5. The van der Waals surface area contributed by atoms with Crippen molar-refractivity contribution in [2.45, 2.75) is 25.1 Å². The third kappa shape index (κ3) is 4.78. The van der Waals surface area contributed by atoms with Crippen molar-refractivity contribution >= 4 is 34.7 Å². The van der Waals surface area contributed by atoms with Gasteiger partial charge in [0.15, 0.2) is 5.58 Å². The molecule has 6 nitrogen and oxygen atoms in total. The van der Waals surface area contributed by atoms with Crippen LogP contribution in [0.25, 0.3) is 11.1 Å². The maximum atomic E-state index is 11.6. The van der Waals surface area contributed by atoms with Gasteiger partial charge in [-0.25, -0.2) is 4.98 Å². The lowest BCUT2D eigenvalue weighted by Gasteiger charge is -2.08. The van der Waals surface area contributed by atoms with E-state index in [4.69, 9.17) is 4.42 Å². The summed E-state index contributed by atoms with van der Waals surface area (Å²) in [4.78, 5) is 27.3. The molecule has 0 saturated heterocycles. The molecule has 1 heterocycles. The second-order valence-electron chi connectivity index (χ2n) is 4.74. The van der Waals surface area contributed by atoms with E-state index < -0.39 is 0 Å². The second-order valence-corrected chi connectivity index (χ2v) is 5.66. The number of thioether (sulfide) groups is 1. The highest BCUT2D eigenvalue weighted by Crippen LogP contribution is 2.22. The van der Waals surface area contributed by atoms with Gasteiger partial charge in [-0.05, 0) is 26.0 Å². The predicted molar refractivity (Wildman–Crippen MR) is 81.0 cm³/mol. The van der Waals surface area contributed by atoms with Crippen molar-refractivity contribution in [3.8, 4) is 0 Å². The minimum absolute atomic E-state index is 0.0227. The summed E-state index contributed by atoms with van der Waals surface area (Å²) in [5, 5.41) is 5.69. The van der Waals surface area contributed by atoms with Gasteiger partial charge in [0.05, 0.1) is 12.3 Å². The van der Waals surface area contributed by atoms with Crippen LogP contribution in [0.3, 0.4) is 0 Å². The molecule has 0 aliphatic rings. The number of hydrogen-bond donors (Lipinski definition) is 2. The number of nitrogens with one attached hydrogen (secondary N) is 2. The van der Waals surface area contributed by atoms with Crippen LogP contribution < -0.4 is 10.6 Å². The third-order valence-electron chi connectivity index (χ3n) is 2.50. The van der Waals surface area contributed by atoms with Crippen molar-refractivity contribution in [1.29, 1.82) is 0 Å². The molecule has 2 amide bonds. The number of benzene rings is 1. The molecule has 0 fully saturated rings. The molecule has 0 spiro atoms. The Morgan fingerprint density at radius 3 is 2.76 bits per heavy atom. The minimum atomic E-state index is -0.235. The van der Waals surface area contributed by atoms with Crippen LogP contribution in [0.4, 0.5) is 0 Å². The van der Waals surface area contributed by atoms with Gasteiger partial charge in [0.2, 0.25) is 11.8 Å². The van der Waals surface area contributed by atoms with Crippen molar-refractivity contribution in [1.82, 2.24) is 15.6 Å². The van der Waals surface area contributed by atoms with E-state index in [2.05, 4.69) is 15.6 Å². The van der Waals surface area contributed by atoms with Gasteiger partial charge in [-0.15, -0.1) is 0 Å². The summed E-state index contributed by atoms with van der Waals surface area (Å²) >= 11 is 1.20. The van der Waals surface area contributed by atoms with Gasteiger partial charge in [-0.3, -0.25) is 9.59 Å². The van der Waals surface area contributed by atoms with Crippen LogP contribution >= 0.6 is 11.8 Å². The molecule has 21 heavy (non-hydrogen) atoms. The van der Waals surface area contributed by atoms with Crippen molar-refractivity contribution in [2.24, 2.45) is 0 Å². The number of rotatable bonds is 6. The van der Waals surface area contributed by atoms with Crippen LogP contribution in [-0.2, 0) is 9.59 Å². The largest absolute Gasteiger partial charge is 0.431 e. The van der Waals surface area contributed by atoms with Crippen molar-refractivity contribution < 1.29 is 14.0 Å². The lowest BCUT2D eigenvalue weighted by molar-refractivity contribution is -0.125. The second kappa shape index (κ2) is 7.12. The normalized spacial score (nSPS) is 10.8. The minimum Gasteiger partial charge on any atom is -0.431 e. The summed E-state index contributed by atoms with van der Waals surface area (Å²) in [7, 11) is 0. The molecule has 2 N–H and O–H groups in total. The summed E-state index contributed by atoms with van der Waals surface area (Å²) in [6.07, 6.45) is 0. The van der Waals surface area contributed by atoms with E-state index >= 15 is 0 Å². The van der Waals surface area contributed by atoms with Gasteiger partial charge in [0, 0.05) is 6.04 Å². The number of oxazole rings is 1. The fourth-order valence-electron chi connectivity index (χ4n) is 1.64. The highest BCUT2D eigenvalue weighted by atomic mass is 32.2. The summed E-state index contributed by atoms with van der Waals surface area (Å²) in [6, 6.07) is 7.46. The van der Waals surface area contributed by atoms with E-state index in [-0.39, 0.29) is 30.2 Å². The maximum Gasteiger partial charge on any atom is 0.257 e. The molecule has 0 saturated carbocycles. The first kappa shape index (κ1) is 15.4. The fourth-order valence-corrected chi connectivity index (χ4v) is 2.31. The molecule has 112 valence electrons. The van der Waals surface area contributed by atoms with Gasteiger partial charge in [-0.1, -0.05) is 23.9 Å². The molecule has 0 radical (unpaired) electrons. The Bertz CT molecular complexity index is 606. The van der Waals surface area contributed by atoms with E-state index in [1.54, 1.807) is 0 Å². The van der Waals surface area contributed by atoms with E-state index in [9.17, 15) is 9.59 Å². The Hall–Kier alpha value is -2.02. The van der Waals surface area contributed by atoms with Crippen molar-refractivity contribution in [2.75, 3.05) is 12.3 Å². The number of nitrogens with zero attached hydrogens (tertiary/aromatic N) is 1. The highest BCUT2D eigenvalue weighted by molar-refractivity contribution is 7.99. The van der Waals surface area contributed by atoms with Crippen LogP contribution in [0.2, 0.25) is 0 Å². The summed E-state index contributed by atoms with van der Waals surface area (Å²) < 4.78 is 5.49. The maximum absolute atomic E-state index is 11.6. The molecule has 1 aromatic carbocycles. The van der Waals surface area contributed by atoms with Gasteiger partial charge in [-0.2, -0.15) is 0 Å². The molecule has 2 aromatic rings. The first-order chi connectivity index (χ1) is 10.0. The average molecular weight is 307 g/mol. The zero-order valence-corrected chi connectivity index (χ0v) is 12.7. The molecular formula is C14H17N3O3S. The number of para-hydroxylation sites is 2. The summed E-state index contributed by atoms with van der Waals surface area (Å²) in [5.74, 6) is -0.284. The smallest absolute Gasteiger partial charge is 0.257 e. The van der Waals surface area contributed by atoms with E-state index in [1.165, 1.54) is 11.8 Å². The molecule has 1 aromatic heterocycles. The molecule has 7 heteroatoms. The van der Waals surface area contributed by atoms with Crippen molar-refractivity contribution in [3.05, 3.63) is 24.3 Å². The predicted octanol–water partition coefficient (Wildman–Crippen LogP) is 1.56. The standard InChI is InChI=1S/C14H17N3O3S/c1-9(2)16-12(18)7-15-13(19)8-21-14-17-10-5-3-4-6-11(10)20-14/h3-6,9H,7-8H2,1-2H3,(H,15,19)(H,16,18). The Morgan fingerprint density at radius 1 is 1.29 bits per heavy atom. The van der Waals surface area contributed by atoms with Crippen LogP contribution in [0, 0.1) is 0 Å². The fraction of sp³-hybridized carbons (Fsp3) is 0.357. The van der Waals surface area contributed by atoms with Gasteiger partial charge >= 0.3 is 0 Å². The average Bonchev–Trinajstić information content (AvgIpc) is 2.85. The first-order valence-corrected chi connectivity index (χ1v) is 7.57. The van der Waals surface area contributed by atoms with Crippen LogP contribution in [0.5, 0.6) is 0 Å². The Morgan fingerprint density at radius 2 is 2.05 bits per heavy atom. The van der Waals surface area contributed by atoms with E-state index in [0.717, 1.165) is 5.52 Å². The third-order valence-corrected chi connectivity index (χ3v) is 3.32. The SMILES string of the molecule is CC(C)NC(=O)CNC(=O)CSc1nc2ccccc2o1. The quantitative estimate of drug-likeness (QED) is 0.791. The molecule has 0 aliphatic heterocycles. The molecule has 0 unspecified atom stereocenters. The number of carbonyl (C=O) groups excluding carboxylic acids is 2. The van der Waals surface area contributed by atoms with E-state index in [1.807, 2.05) is 38.1 Å². The Labute approximate surface area is 126 Å². The van der Waals surface area contributed by atoms with Gasteiger partial charge in [0.25, 0.3) is 5.22 Å². The topological polar surface area (TPSA) is 84.2 Å². The van der Waals surface area contributed by atoms with Crippen molar-refractivity contribution in [3.63, 3.8) is 0 Å². The van der Waals surface area contributed by atoms with Gasteiger partial charge in [0.1, 0.15) is 5.52 Å². The zero-order chi connectivity index (χ0) is 15.2. The summed E-state index contributed by atoms with van der Waals surface area (Å²) in [6.45, 7) is 3.71. The Balaban J connectivity index is 1.77. The molecule has 0 bridgehead atoms. The number of amides is 2. The van der Waals surface area contributed by atoms with Gasteiger partial charge < -0.3 is 15.1 Å². The zero-order valence-electron chi connectivity index (χ0n) is 11.9. The molecular weight excluding hydrogens is 290 g/mol. The monoisotopic (exact) mass is 307 g/mol. The Kier molecular flexibility index (Phi) is 5.21. The van der Waals surface area contributed by atoms with Crippen LogP contribution in [0.15, 0.2) is 33.9 Å². The number of fused-ring (bicyclic) bond motifs is 1. The molecule has 2 rings (SSSR count). The highest BCUT2D eigenvalue weighted by Gasteiger charge is 2.10. The van der Waals surface area contributed by atoms with Crippen LogP contribution in [-0.4, -0.2) is 35.1 Å². The van der Waals surface area contributed by atoms with Crippen LogP contribution in [0.1, 0.15) is 13.8 Å². The molecule has 0 atom stereocenters. The van der Waals surface area contributed by atoms with E-state index in [0.29, 0.717) is 10.8 Å². The number of carbonyl (C=O) groups is 2. The first-order valence-electron chi connectivity index (χ1n) is 6.59. The number of aromatic nitrogens is 1. The lowest BCUT2D eigenvalue weighted by Crippen LogP contribution is -2.40. The lowest BCUT2D eigenvalue weighted by atomic mass is 10.3. The molecule has 0 aliphatic carbocycles. The summed E-state index contributed by atoms with van der Waals surface area (Å²) in [5.41, 5.74) is 1.45.